The molecule has 2 rings (SSSR count). The van der Waals surface area contributed by atoms with Crippen molar-refractivity contribution < 1.29 is 17.9 Å². The fraction of sp³-hybridized carbons (Fsp3) is 0.250. The molecule has 0 fully saturated rings. The van der Waals surface area contributed by atoms with Crippen LogP contribution < -0.4 is 9.47 Å². The van der Waals surface area contributed by atoms with Crippen molar-refractivity contribution in [2.24, 2.45) is 0 Å². The van der Waals surface area contributed by atoms with E-state index in [9.17, 15) is 8.42 Å². The van der Waals surface area contributed by atoms with Gasteiger partial charge < -0.3 is 9.47 Å². The average Bonchev–Trinajstić information content (AvgIpc) is 2.92. The summed E-state index contributed by atoms with van der Waals surface area (Å²) in [6, 6.07) is 3.08. The number of hydrogen-bond donors (Lipinski definition) is 0. The van der Waals surface area contributed by atoms with Crippen molar-refractivity contribution in [3.8, 4) is 11.5 Å². The lowest BCUT2D eigenvalue weighted by atomic mass is 10.2. The second-order valence-electron chi connectivity index (χ2n) is 3.87. The van der Waals surface area contributed by atoms with Gasteiger partial charge in [-0.05, 0) is 18.6 Å². The Morgan fingerprint density at radius 1 is 1.16 bits per heavy atom. The second-order valence-corrected chi connectivity index (χ2v) is 5.68. The standard InChI is InChI=1S/C12H14N2O4S/c1-9-6-11(18-3)12(7-10(9)17-2)19(15,16)14-5-4-13-8-14/h4-8H,1-3H3. The van der Waals surface area contributed by atoms with Gasteiger partial charge >= 0.3 is 0 Å². The van der Waals surface area contributed by atoms with Crippen LogP contribution in [-0.2, 0) is 10.0 Å². The highest BCUT2D eigenvalue weighted by Crippen LogP contribution is 2.32. The number of hydrogen-bond acceptors (Lipinski definition) is 5. The van der Waals surface area contributed by atoms with Crippen LogP contribution in [0.15, 0.2) is 35.7 Å². The lowest BCUT2D eigenvalue weighted by molar-refractivity contribution is 0.390. The third-order valence-corrected chi connectivity index (χ3v) is 4.36. The summed E-state index contributed by atoms with van der Waals surface area (Å²) in [4.78, 5) is 3.78. The van der Waals surface area contributed by atoms with E-state index < -0.39 is 10.0 Å². The largest absolute Gasteiger partial charge is 0.496 e. The third kappa shape index (κ3) is 2.28. The van der Waals surface area contributed by atoms with Crippen molar-refractivity contribution in [1.29, 1.82) is 0 Å². The number of ether oxygens (including phenoxy) is 2. The van der Waals surface area contributed by atoms with E-state index in [1.54, 1.807) is 6.07 Å². The summed E-state index contributed by atoms with van der Waals surface area (Å²) in [6.07, 6.45) is 3.98. The van der Waals surface area contributed by atoms with Crippen molar-refractivity contribution >= 4 is 10.0 Å². The normalized spacial score (nSPS) is 11.3. The Hall–Kier alpha value is -2.02. The van der Waals surface area contributed by atoms with Gasteiger partial charge in [-0.2, -0.15) is 0 Å². The fourth-order valence-corrected chi connectivity index (χ4v) is 3.00. The molecule has 0 atom stereocenters. The molecular formula is C12H14N2O4S. The van der Waals surface area contributed by atoms with E-state index in [-0.39, 0.29) is 10.6 Å². The molecular weight excluding hydrogens is 268 g/mol. The van der Waals surface area contributed by atoms with Crippen molar-refractivity contribution in [3.63, 3.8) is 0 Å². The van der Waals surface area contributed by atoms with Gasteiger partial charge in [-0.1, -0.05) is 0 Å². The Kier molecular flexibility index (Phi) is 3.48. The molecule has 19 heavy (non-hydrogen) atoms. The summed E-state index contributed by atoms with van der Waals surface area (Å²) in [7, 11) is -0.825. The minimum Gasteiger partial charge on any atom is -0.496 e. The number of benzene rings is 1. The van der Waals surface area contributed by atoms with Gasteiger partial charge in [0.15, 0.2) is 0 Å². The van der Waals surface area contributed by atoms with Crippen molar-refractivity contribution in [2.75, 3.05) is 14.2 Å². The zero-order valence-corrected chi connectivity index (χ0v) is 11.6. The van der Waals surface area contributed by atoms with E-state index in [4.69, 9.17) is 9.47 Å². The molecule has 0 saturated carbocycles. The highest BCUT2D eigenvalue weighted by molar-refractivity contribution is 7.90. The van der Waals surface area contributed by atoms with E-state index in [1.165, 1.54) is 39.0 Å². The Bertz CT molecular complexity index is 678. The highest BCUT2D eigenvalue weighted by Gasteiger charge is 2.23. The molecule has 1 aromatic heterocycles. The van der Waals surface area contributed by atoms with Crippen LogP contribution in [0.5, 0.6) is 11.5 Å². The minimum atomic E-state index is -3.74. The van der Waals surface area contributed by atoms with Crippen LogP contribution in [0.25, 0.3) is 0 Å². The van der Waals surface area contributed by atoms with Crippen LogP contribution in [0, 0.1) is 6.92 Å². The number of aromatic nitrogens is 2. The van der Waals surface area contributed by atoms with Gasteiger partial charge in [0, 0.05) is 18.5 Å². The average molecular weight is 282 g/mol. The number of nitrogens with zero attached hydrogens (tertiary/aromatic N) is 2. The molecule has 0 aliphatic heterocycles. The fourth-order valence-electron chi connectivity index (χ4n) is 1.73. The number of imidazole rings is 1. The van der Waals surface area contributed by atoms with Gasteiger partial charge in [-0.15, -0.1) is 0 Å². The summed E-state index contributed by atoms with van der Waals surface area (Å²) in [5.74, 6) is 0.756. The van der Waals surface area contributed by atoms with E-state index in [2.05, 4.69) is 4.98 Å². The molecule has 1 aromatic carbocycles. The first-order valence-electron chi connectivity index (χ1n) is 5.47. The van der Waals surface area contributed by atoms with E-state index in [0.717, 1.165) is 9.54 Å². The summed E-state index contributed by atoms with van der Waals surface area (Å²) < 4.78 is 36.2. The monoisotopic (exact) mass is 282 g/mol. The van der Waals surface area contributed by atoms with Crippen LogP contribution in [-0.4, -0.2) is 31.6 Å². The quantitative estimate of drug-likeness (QED) is 0.848. The molecule has 0 N–H and O–H groups in total. The molecule has 0 radical (unpaired) electrons. The smallest absolute Gasteiger partial charge is 0.272 e. The molecule has 6 nitrogen and oxygen atoms in total. The molecule has 0 aliphatic rings. The van der Waals surface area contributed by atoms with Crippen LogP contribution in [0.1, 0.15) is 5.56 Å². The topological polar surface area (TPSA) is 70.4 Å². The highest BCUT2D eigenvalue weighted by atomic mass is 32.2. The van der Waals surface area contributed by atoms with E-state index >= 15 is 0 Å². The maximum absolute atomic E-state index is 12.4. The predicted octanol–water partition coefficient (Wildman–Crippen LogP) is 1.45. The predicted molar refractivity (Wildman–Crippen MR) is 69.1 cm³/mol. The van der Waals surface area contributed by atoms with Crippen LogP contribution in [0.2, 0.25) is 0 Å². The number of aryl methyl sites for hydroxylation is 1. The maximum atomic E-state index is 12.4. The molecule has 0 amide bonds. The maximum Gasteiger partial charge on any atom is 0.272 e. The Morgan fingerprint density at radius 2 is 1.84 bits per heavy atom. The van der Waals surface area contributed by atoms with Gasteiger partial charge in [0.1, 0.15) is 22.7 Å². The molecule has 0 unspecified atom stereocenters. The van der Waals surface area contributed by atoms with Crippen LogP contribution >= 0.6 is 0 Å². The molecule has 1 heterocycles. The first-order valence-corrected chi connectivity index (χ1v) is 6.91. The lowest BCUT2D eigenvalue weighted by Crippen LogP contribution is -2.12. The summed E-state index contributed by atoms with van der Waals surface area (Å²) >= 11 is 0. The first kappa shape index (κ1) is 13.4. The SMILES string of the molecule is COc1cc(S(=O)(=O)n2ccnc2)c(OC)cc1C. The third-order valence-electron chi connectivity index (χ3n) is 2.72. The number of methoxy groups -OCH3 is 2. The van der Waals surface area contributed by atoms with Gasteiger partial charge in [-0.3, -0.25) is 0 Å². The zero-order chi connectivity index (χ0) is 14.0. The van der Waals surface area contributed by atoms with E-state index in [0.29, 0.717) is 5.75 Å². The molecule has 0 bridgehead atoms. The Balaban J connectivity index is 2.68. The van der Waals surface area contributed by atoms with Crippen LogP contribution in [0.4, 0.5) is 0 Å². The molecule has 0 spiro atoms. The van der Waals surface area contributed by atoms with Crippen LogP contribution in [0.3, 0.4) is 0 Å². The Labute approximate surface area is 111 Å². The van der Waals surface area contributed by atoms with Gasteiger partial charge in [-0.25, -0.2) is 17.4 Å². The Morgan fingerprint density at radius 3 is 2.37 bits per heavy atom. The number of rotatable bonds is 4. The van der Waals surface area contributed by atoms with Crippen molar-refractivity contribution in [2.45, 2.75) is 11.8 Å². The van der Waals surface area contributed by atoms with E-state index in [1.807, 2.05) is 6.92 Å². The summed E-state index contributed by atoms with van der Waals surface area (Å²) in [5, 5.41) is 0. The molecule has 102 valence electrons. The second kappa shape index (κ2) is 4.93. The lowest BCUT2D eigenvalue weighted by Gasteiger charge is -2.13. The van der Waals surface area contributed by atoms with Gasteiger partial charge in [0.05, 0.1) is 14.2 Å². The molecule has 2 aromatic rings. The zero-order valence-electron chi connectivity index (χ0n) is 10.8. The molecule has 0 aliphatic carbocycles. The van der Waals surface area contributed by atoms with Gasteiger partial charge in [0.2, 0.25) is 0 Å². The van der Waals surface area contributed by atoms with Crippen molar-refractivity contribution in [3.05, 3.63) is 36.4 Å². The molecule has 0 saturated heterocycles. The first-order chi connectivity index (χ1) is 9.00. The summed E-state index contributed by atoms with van der Waals surface area (Å²) in [5.41, 5.74) is 0.795. The minimum absolute atomic E-state index is 0.0375. The summed E-state index contributed by atoms with van der Waals surface area (Å²) in [6.45, 7) is 1.81. The van der Waals surface area contributed by atoms with Crippen molar-refractivity contribution in [1.82, 2.24) is 8.96 Å². The van der Waals surface area contributed by atoms with Gasteiger partial charge in [0.25, 0.3) is 10.0 Å². The molecule has 7 heteroatoms.